The second kappa shape index (κ2) is 7.89. The highest BCUT2D eigenvalue weighted by Crippen LogP contribution is 2.29. The molecular formula is C23H25N3O2. The van der Waals surface area contributed by atoms with Gasteiger partial charge in [-0.05, 0) is 42.0 Å². The van der Waals surface area contributed by atoms with E-state index in [-0.39, 0.29) is 17.9 Å². The number of hydrogen-bond acceptors (Lipinski definition) is 2. The molecule has 0 bridgehead atoms. The molecule has 4 rings (SSSR count). The van der Waals surface area contributed by atoms with Crippen LogP contribution < -0.4 is 10.6 Å². The number of aryl methyl sites for hydroxylation is 1. The monoisotopic (exact) mass is 375 g/mol. The van der Waals surface area contributed by atoms with Crippen LogP contribution >= 0.6 is 0 Å². The summed E-state index contributed by atoms with van der Waals surface area (Å²) in [5.41, 5.74) is 4.54. The van der Waals surface area contributed by atoms with E-state index in [0.717, 1.165) is 35.7 Å². The lowest BCUT2D eigenvalue weighted by atomic mass is 9.87. The summed E-state index contributed by atoms with van der Waals surface area (Å²) in [6, 6.07) is 15.7. The number of nitrogens with one attached hydrogen (secondary N) is 3. The zero-order valence-electron chi connectivity index (χ0n) is 16.0. The van der Waals surface area contributed by atoms with E-state index in [0.29, 0.717) is 6.42 Å². The molecule has 1 aliphatic rings. The number of benzene rings is 2. The van der Waals surface area contributed by atoms with Crippen molar-refractivity contribution in [2.75, 3.05) is 0 Å². The van der Waals surface area contributed by atoms with Crippen LogP contribution in [0.4, 0.5) is 0 Å². The summed E-state index contributed by atoms with van der Waals surface area (Å²) in [6.07, 6.45) is 5.39. The van der Waals surface area contributed by atoms with Gasteiger partial charge in [-0.25, -0.2) is 0 Å². The summed E-state index contributed by atoms with van der Waals surface area (Å²) >= 11 is 0. The van der Waals surface area contributed by atoms with Gasteiger partial charge in [-0.1, -0.05) is 42.5 Å². The molecular weight excluding hydrogens is 350 g/mol. The number of aromatic amines is 1. The molecule has 2 atom stereocenters. The molecule has 144 valence electrons. The van der Waals surface area contributed by atoms with Crippen LogP contribution in [0.5, 0.6) is 0 Å². The molecule has 5 nitrogen and oxygen atoms in total. The number of amides is 2. The molecule has 0 aliphatic heterocycles. The first-order chi connectivity index (χ1) is 13.6. The van der Waals surface area contributed by atoms with Crippen molar-refractivity contribution in [3.05, 3.63) is 71.4 Å². The Kier molecular flexibility index (Phi) is 5.15. The Morgan fingerprint density at radius 1 is 1.14 bits per heavy atom. The molecule has 3 N–H and O–H groups in total. The minimum Gasteiger partial charge on any atom is -0.361 e. The number of carbonyl (C=O) groups is 2. The lowest BCUT2D eigenvalue weighted by Crippen LogP contribution is -2.48. The Balaban J connectivity index is 1.54. The van der Waals surface area contributed by atoms with Crippen molar-refractivity contribution < 1.29 is 9.59 Å². The predicted octanol–water partition coefficient (Wildman–Crippen LogP) is 3.41. The van der Waals surface area contributed by atoms with E-state index in [1.54, 1.807) is 0 Å². The SMILES string of the molecule is CC(=O)N[C@@H](Cc1c[nH]c2ccccc12)C(=O)N[C@H]1CCCc2ccccc21. The summed E-state index contributed by atoms with van der Waals surface area (Å²) < 4.78 is 0. The number of hydrogen-bond donors (Lipinski definition) is 3. The average molecular weight is 375 g/mol. The van der Waals surface area contributed by atoms with Crippen LogP contribution in [0.1, 0.15) is 42.5 Å². The predicted molar refractivity (Wildman–Crippen MR) is 110 cm³/mol. The van der Waals surface area contributed by atoms with Crippen LogP contribution in [0.2, 0.25) is 0 Å². The Bertz CT molecular complexity index is 1010. The van der Waals surface area contributed by atoms with Crippen LogP contribution in [-0.4, -0.2) is 22.8 Å². The van der Waals surface area contributed by atoms with Gasteiger partial charge in [-0.3, -0.25) is 9.59 Å². The zero-order valence-corrected chi connectivity index (χ0v) is 16.0. The fourth-order valence-corrected chi connectivity index (χ4v) is 4.15. The standard InChI is InChI=1S/C23H25N3O2/c1-15(27)25-22(13-17-14-24-20-11-5-4-10-19(17)20)23(28)26-21-12-6-8-16-7-2-3-9-18(16)21/h2-5,7,9-11,14,21-22,24H,6,8,12-13H2,1H3,(H,25,27)(H,26,28)/t21-,22-/m0/s1. The second-order valence-corrected chi connectivity index (χ2v) is 7.47. The van der Waals surface area contributed by atoms with E-state index in [1.165, 1.54) is 18.1 Å². The first kappa shape index (κ1) is 18.3. The van der Waals surface area contributed by atoms with Crippen molar-refractivity contribution in [1.82, 2.24) is 15.6 Å². The molecule has 28 heavy (non-hydrogen) atoms. The quantitative estimate of drug-likeness (QED) is 0.639. The molecule has 2 aromatic carbocycles. The van der Waals surface area contributed by atoms with E-state index in [4.69, 9.17) is 0 Å². The van der Waals surface area contributed by atoms with Gasteiger partial charge in [-0.15, -0.1) is 0 Å². The summed E-state index contributed by atoms with van der Waals surface area (Å²) in [6.45, 7) is 1.45. The maximum Gasteiger partial charge on any atom is 0.243 e. The molecule has 1 aromatic heterocycles. The molecule has 0 spiro atoms. The van der Waals surface area contributed by atoms with E-state index in [2.05, 4.69) is 27.8 Å². The fraction of sp³-hybridized carbons (Fsp3) is 0.304. The molecule has 1 aliphatic carbocycles. The first-order valence-corrected chi connectivity index (χ1v) is 9.82. The fourth-order valence-electron chi connectivity index (χ4n) is 4.15. The van der Waals surface area contributed by atoms with Crippen molar-refractivity contribution in [3.63, 3.8) is 0 Å². The van der Waals surface area contributed by atoms with Gasteiger partial charge in [-0.2, -0.15) is 0 Å². The number of rotatable bonds is 5. The summed E-state index contributed by atoms with van der Waals surface area (Å²) in [7, 11) is 0. The van der Waals surface area contributed by atoms with Gasteiger partial charge in [0, 0.05) is 30.4 Å². The van der Waals surface area contributed by atoms with Crippen LogP contribution in [-0.2, 0) is 22.4 Å². The van der Waals surface area contributed by atoms with Crippen molar-refractivity contribution in [1.29, 1.82) is 0 Å². The molecule has 0 saturated heterocycles. The van der Waals surface area contributed by atoms with Crippen molar-refractivity contribution in [3.8, 4) is 0 Å². The minimum absolute atomic E-state index is 0.00308. The van der Waals surface area contributed by atoms with Crippen LogP contribution in [0.25, 0.3) is 10.9 Å². The summed E-state index contributed by atoms with van der Waals surface area (Å²) in [4.78, 5) is 28.1. The lowest BCUT2D eigenvalue weighted by molar-refractivity contribution is -0.128. The van der Waals surface area contributed by atoms with Gasteiger partial charge in [0.2, 0.25) is 11.8 Å². The van der Waals surface area contributed by atoms with Crippen LogP contribution in [0.3, 0.4) is 0 Å². The second-order valence-electron chi connectivity index (χ2n) is 7.47. The highest BCUT2D eigenvalue weighted by molar-refractivity contribution is 5.89. The first-order valence-electron chi connectivity index (χ1n) is 9.82. The van der Waals surface area contributed by atoms with E-state index in [9.17, 15) is 9.59 Å². The summed E-state index contributed by atoms with van der Waals surface area (Å²) in [5.74, 6) is -0.341. The van der Waals surface area contributed by atoms with Gasteiger partial charge in [0.1, 0.15) is 6.04 Å². The van der Waals surface area contributed by atoms with Gasteiger partial charge in [0.15, 0.2) is 0 Å². The van der Waals surface area contributed by atoms with E-state index in [1.807, 2.05) is 42.6 Å². The molecule has 2 amide bonds. The van der Waals surface area contributed by atoms with Crippen molar-refractivity contribution in [2.24, 2.45) is 0 Å². The molecule has 0 fully saturated rings. The largest absolute Gasteiger partial charge is 0.361 e. The lowest BCUT2D eigenvalue weighted by Gasteiger charge is -2.28. The van der Waals surface area contributed by atoms with Gasteiger partial charge >= 0.3 is 0 Å². The highest BCUT2D eigenvalue weighted by atomic mass is 16.2. The van der Waals surface area contributed by atoms with Crippen LogP contribution in [0.15, 0.2) is 54.7 Å². The zero-order chi connectivity index (χ0) is 19.5. The van der Waals surface area contributed by atoms with Gasteiger partial charge in [0.05, 0.1) is 6.04 Å². The number of fused-ring (bicyclic) bond motifs is 2. The van der Waals surface area contributed by atoms with Gasteiger partial charge < -0.3 is 15.6 Å². The third-order valence-corrected chi connectivity index (χ3v) is 5.48. The van der Waals surface area contributed by atoms with Crippen molar-refractivity contribution in [2.45, 2.75) is 44.7 Å². The number of aromatic nitrogens is 1. The molecule has 0 unspecified atom stereocenters. The third-order valence-electron chi connectivity index (χ3n) is 5.48. The number of carbonyl (C=O) groups excluding carboxylic acids is 2. The van der Waals surface area contributed by atoms with Crippen molar-refractivity contribution >= 4 is 22.7 Å². The highest BCUT2D eigenvalue weighted by Gasteiger charge is 2.26. The topological polar surface area (TPSA) is 74.0 Å². The Labute approximate surface area is 164 Å². The Morgan fingerprint density at radius 3 is 2.79 bits per heavy atom. The molecule has 1 heterocycles. The number of para-hydroxylation sites is 1. The maximum atomic E-state index is 13.1. The smallest absolute Gasteiger partial charge is 0.243 e. The molecule has 5 heteroatoms. The van der Waals surface area contributed by atoms with Gasteiger partial charge in [0.25, 0.3) is 0 Å². The van der Waals surface area contributed by atoms with E-state index >= 15 is 0 Å². The van der Waals surface area contributed by atoms with E-state index < -0.39 is 6.04 Å². The Hall–Kier alpha value is -3.08. The molecule has 0 radical (unpaired) electrons. The average Bonchev–Trinajstić information content (AvgIpc) is 3.10. The minimum atomic E-state index is -0.606. The maximum absolute atomic E-state index is 13.1. The Morgan fingerprint density at radius 2 is 1.93 bits per heavy atom. The third kappa shape index (κ3) is 3.79. The van der Waals surface area contributed by atoms with Crippen LogP contribution in [0, 0.1) is 0 Å². The molecule has 3 aromatic rings. The molecule has 0 saturated carbocycles. The summed E-state index contributed by atoms with van der Waals surface area (Å²) in [5, 5.41) is 7.09. The normalized spacial score (nSPS) is 17.0. The number of H-pyrrole nitrogens is 1.